The molecular formula is C22H33N3O2. The zero-order valence-corrected chi connectivity index (χ0v) is 16.7. The van der Waals surface area contributed by atoms with E-state index in [4.69, 9.17) is 0 Å². The Balaban J connectivity index is 1.63. The molecule has 1 aromatic rings. The predicted molar refractivity (Wildman–Crippen MR) is 110 cm³/mol. The van der Waals surface area contributed by atoms with Gasteiger partial charge in [-0.05, 0) is 56.4 Å². The van der Waals surface area contributed by atoms with Crippen molar-refractivity contribution >= 4 is 23.2 Å². The maximum absolute atomic E-state index is 12.8. The van der Waals surface area contributed by atoms with Crippen molar-refractivity contribution in [2.75, 3.05) is 29.9 Å². The molecule has 27 heavy (non-hydrogen) atoms. The number of hydrogen-bond acceptors (Lipinski definition) is 3. The zero-order chi connectivity index (χ0) is 19.2. The number of benzene rings is 1. The molecule has 3 rings (SSSR count). The van der Waals surface area contributed by atoms with Crippen molar-refractivity contribution in [1.82, 2.24) is 4.90 Å². The molecule has 0 saturated carbocycles. The van der Waals surface area contributed by atoms with Crippen molar-refractivity contribution in [2.24, 2.45) is 5.92 Å². The Kier molecular flexibility index (Phi) is 6.75. The van der Waals surface area contributed by atoms with Crippen molar-refractivity contribution in [2.45, 2.75) is 64.8 Å². The van der Waals surface area contributed by atoms with Crippen LogP contribution in [-0.4, -0.2) is 42.4 Å². The molecule has 2 saturated heterocycles. The van der Waals surface area contributed by atoms with Crippen LogP contribution in [0.4, 0.5) is 11.4 Å². The average Bonchev–Trinajstić information content (AvgIpc) is 2.97. The Morgan fingerprint density at radius 1 is 0.926 bits per heavy atom. The van der Waals surface area contributed by atoms with Crippen molar-refractivity contribution in [1.29, 1.82) is 0 Å². The fourth-order valence-corrected chi connectivity index (χ4v) is 4.11. The van der Waals surface area contributed by atoms with Gasteiger partial charge in [0.05, 0.1) is 0 Å². The molecule has 2 fully saturated rings. The van der Waals surface area contributed by atoms with Crippen LogP contribution in [0.2, 0.25) is 0 Å². The summed E-state index contributed by atoms with van der Waals surface area (Å²) >= 11 is 0. The van der Waals surface area contributed by atoms with Gasteiger partial charge in [0.1, 0.15) is 6.04 Å². The van der Waals surface area contributed by atoms with E-state index in [1.807, 2.05) is 26.0 Å². The smallest absolute Gasteiger partial charge is 0.247 e. The molecule has 1 atom stereocenters. The first-order chi connectivity index (χ1) is 13.1. The van der Waals surface area contributed by atoms with Crippen LogP contribution in [0.15, 0.2) is 24.3 Å². The molecule has 0 spiro atoms. The lowest BCUT2D eigenvalue weighted by Gasteiger charge is -2.35. The number of nitrogens with zero attached hydrogens (tertiary/aromatic N) is 2. The summed E-state index contributed by atoms with van der Waals surface area (Å²) in [5.74, 6) is -0.0658. The molecule has 0 bridgehead atoms. The largest absolute Gasteiger partial charge is 0.372 e. The average molecular weight is 372 g/mol. The number of amides is 2. The van der Waals surface area contributed by atoms with Crippen molar-refractivity contribution in [3.8, 4) is 0 Å². The summed E-state index contributed by atoms with van der Waals surface area (Å²) in [4.78, 5) is 29.5. The number of piperidine rings is 1. The molecule has 0 radical (unpaired) electrons. The molecule has 5 heteroatoms. The summed E-state index contributed by atoms with van der Waals surface area (Å²) in [5, 5.41) is 3.03. The maximum Gasteiger partial charge on any atom is 0.247 e. The molecule has 2 heterocycles. The van der Waals surface area contributed by atoms with Gasteiger partial charge in [-0.2, -0.15) is 0 Å². The second-order valence-electron chi connectivity index (χ2n) is 8.14. The van der Waals surface area contributed by atoms with Gasteiger partial charge in [-0.25, -0.2) is 0 Å². The first-order valence-electron chi connectivity index (χ1n) is 10.5. The molecule has 0 aliphatic carbocycles. The van der Waals surface area contributed by atoms with Crippen molar-refractivity contribution < 1.29 is 9.59 Å². The summed E-state index contributed by atoms with van der Waals surface area (Å²) in [6, 6.07) is 7.81. The molecule has 2 aliphatic heterocycles. The van der Waals surface area contributed by atoms with Crippen LogP contribution in [-0.2, 0) is 9.59 Å². The standard InChI is InChI=1S/C22H33N3O2/c1-17(2)22(27)25-16-8-5-9-20(25)21(26)23-18-10-12-19(13-11-18)24-14-6-3-4-7-15-24/h10-13,17,20H,3-9,14-16H2,1-2H3,(H,23,26)/t20-/m1/s1. The molecule has 1 N–H and O–H groups in total. The van der Waals surface area contributed by atoms with E-state index in [-0.39, 0.29) is 23.8 Å². The quantitative estimate of drug-likeness (QED) is 0.869. The first-order valence-corrected chi connectivity index (χ1v) is 10.5. The first kappa shape index (κ1) is 19.7. The summed E-state index contributed by atoms with van der Waals surface area (Å²) < 4.78 is 0. The number of likely N-dealkylation sites (tertiary alicyclic amines) is 1. The van der Waals surface area contributed by atoms with E-state index in [1.54, 1.807) is 4.90 Å². The third-order valence-corrected chi connectivity index (χ3v) is 5.69. The Hall–Kier alpha value is -2.04. The summed E-state index contributed by atoms with van der Waals surface area (Å²) in [6.07, 6.45) is 7.85. The van der Waals surface area contributed by atoms with Gasteiger partial charge in [-0.15, -0.1) is 0 Å². The Morgan fingerprint density at radius 2 is 1.56 bits per heavy atom. The summed E-state index contributed by atoms with van der Waals surface area (Å²) in [6.45, 7) is 6.70. The van der Waals surface area contributed by atoms with Crippen LogP contribution in [0.3, 0.4) is 0 Å². The van der Waals surface area contributed by atoms with Crippen LogP contribution >= 0.6 is 0 Å². The number of rotatable bonds is 4. The van der Waals surface area contributed by atoms with Gasteiger partial charge >= 0.3 is 0 Å². The van der Waals surface area contributed by atoms with Gasteiger partial charge in [-0.3, -0.25) is 9.59 Å². The second-order valence-corrected chi connectivity index (χ2v) is 8.14. The summed E-state index contributed by atoms with van der Waals surface area (Å²) in [5.41, 5.74) is 2.03. The molecule has 148 valence electrons. The lowest BCUT2D eigenvalue weighted by atomic mass is 9.99. The van der Waals surface area contributed by atoms with Crippen LogP contribution in [0.25, 0.3) is 0 Å². The molecule has 0 unspecified atom stereocenters. The normalized spacial score (nSPS) is 21.1. The Labute approximate surface area is 163 Å². The van der Waals surface area contributed by atoms with E-state index in [0.29, 0.717) is 6.54 Å². The van der Waals surface area contributed by atoms with Crippen LogP contribution in [0.1, 0.15) is 58.8 Å². The van der Waals surface area contributed by atoms with Gasteiger partial charge in [0.2, 0.25) is 11.8 Å². The minimum absolute atomic E-state index is 0.0637. The van der Waals surface area contributed by atoms with Crippen LogP contribution < -0.4 is 10.2 Å². The Morgan fingerprint density at radius 3 is 2.19 bits per heavy atom. The van der Waals surface area contributed by atoms with Crippen molar-refractivity contribution in [3.63, 3.8) is 0 Å². The lowest BCUT2D eigenvalue weighted by molar-refractivity contribution is -0.142. The topological polar surface area (TPSA) is 52.7 Å². The zero-order valence-electron chi connectivity index (χ0n) is 16.7. The van der Waals surface area contributed by atoms with E-state index < -0.39 is 0 Å². The van der Waals surface area contributed by atoms with E-state index >= 15 is 0 Å². The van der Waals surface area contributed by atoms with E-state index in [0.717, 1.165) is 38.0 Å². The highest BCUT2D eigenvalue weighted by Gasteiger charge is 2.33. The third-order valence-electron chi connectivity index (χ3n) is 5.69. The number of carbonyl (C=O) groups is 2. The molecule has 5 nitrogen and oxygen atoms in total. The maximum atomic E-state index is 12.8. The third kappa shape index (κ3) is 5.02. The lowest BCUT2D eigenvalue weighted by Crippen LogP contribution is -2.51. The van der Waals surface area contributed by atoms with Crippen LogP contribution in [0, 0.1) is 5.92 Å². The highest BCUT2D eigenvalue weighted by atomic mass is 16.2. The number of hydrogen-bond donors (Lipinski definition) is 1. The highest BCUT2D eigenvalue weighted by Crippen LogP contribution is 2.24. The summed E-state index contributed by atoms with van der Waals surface area (Å²) in [7, 11) is 0. The fourth-order valence-electron chi connectivity index (χ4n) is 4.11. The van der Waals surface area contributed by atoms with E-state index in [9.17, 15) is 9.59 Å². The number of anilines is 2. The monoisotopic (exact) mass is 371 g/mol. The van der Waals surface area contributed by atoms with E-state index in [1.165, 1.54) is 31.4 Å². The van der Waals surface area contributed by atoms with Gasteiger partial charge in [0, 0.05) is 36.9 Å². The van der Waals surface area contributed by atoms with Crippen molar-refractivity contribution in [3.05, 3.63) is 24.3 Å². The van der Waals surface area contributed by atoms with E-state index in [2.05, 4.69) is 22.3 Å². The number of nitrogens with one attached hydrogen (secondary N) is 1. The van der Waals surface area contributed by atoms with Gasteiger partial charge in [-0.1, -0.05) is 26.7 Å². The molecule has 2 amide bonds. The van der Waals surface area contributed by atoms with Gasteiger partial charge in [0.15, 0.2) is 0 Å². The minimum atomic E-state index is -0.348. The number of carbonyl (C=O) groups excluding carboxylic acids is 2. The predicted octanol–water partition coefficient (Wildman–Crippen LogP) is 4.04. The molecule has 1 aromatic carbocycles. The molecule has 0 aromatic heterocycles. The van der Waals surface area contributed by atoms with Crippen LogP contribution in [0.5, 0.6) is 0 Å². The fraction of sp³-hybridized carbons (Fsp3) is 0.636. The highest BCUT2D eigenvalue weighted by molar-refractivity contribution is 5.97. The second kappa shape index (κ2) is 9.25. The Bertz CT molecular complexity index is 633. The minimum Gasteiger partial charge on any atom is -0.372 e. The molecular weight excluding hydrogens is 338 g/mol. The van der Waals surface area contributed by atoms with Gasteiger partial charge < -0.3 is 15.1 Å². The SMILES string of the molecule is CC(C)C(=O)N1CCCC[C@@H]1C(=O)Nc1ccc(N2CCCCCC2)cc1. The van der Waals surface area contributed by atoms with Gasteiger partial charge in [0.25, 0.3) is 0 Å². The molecule has 2 aliphatic rings.